The van der Waals surface area contributed by atoms with E-state index in [4.69, 9.17) is 21.7 Å². The minimum absolute atomic E-state index is 0.0534. The molecule has 0 aliphatic rings. The van der Waals surface area contributed by atoms with Crippen LogP contribution in [0.4, 0.5) is 5.69 Å². The lowest BCUT2D eigenvalue weighted by molar-refractivity contribution is 0.0992. The Morgan fingerprint density at radius 2 is 1.59 bits per heavy atom. The number of hydrogen-bond donors (Lipinski definition) is 2. The van der Waals surface area contributed by atoms with Crippen LogP contribution < -0.4 is 10.1 Å². The Hall–Kier alpha value is -3.64. The van der Waals surface area contributed by atoms with Gasteiger partial charge >= 0.3 is 0 Å². The predicted octanol–water partition coefficient (Wildman–Crippen LogP) is 4.91. The van der Waals surface area contributed by atoms with Gasteiger partial charge in [0.2, 0.25) is 0 Å². The van der Waals surface area contributed by atoms with Gasteiger partial charge in [-0.05, 0) is 42.0 Å². The molecule has 3 aromatic rings. The minimum atomic E-state index is -0.344. The maximum Gasteiger partial charge on any atom is 0.256 e. The second-order valence-electron chi connectivity index (χ2n) is 7.40. The number of amides is 1. The van der Waals surface area contributed by atoms with Gasteiger partial charge in [-0.15, -0.1) is 0 Å². The first kappa shape index (κ1) is 23.0. The Balaban J connectivity index is 1.82. The van der Waals surface area contributed by atoms with Crippen molar-refractivity contribution < 1.29 is 14.3 Å². The molecule has 0 aliphatic carbocycles. The molecule has 3 rings (SSSR count). The van der Waals surface area contributed by atoms with E-state index in [2.05, 4.69) is 5.32 Å². The van der Waals surface area contributed by atoms with Crippen LogP contribution in [0.3, 0.4) is 0 Å². The Kier molecular flexibility index (Phi) is 7.28. The number of carbonyl (C=O) groups excluding carboxylic acids is 2. The molecular formula is C25H24ClN3O3. The molecule has 0 aliphatic heterocycles. The standard InChI is InChI=1S/C25H24ClN3O3/c1-29(2)24(27)17-6-4-16(5-7-17)23(30)14-18-8-13-21(32-3)15-22(18)25(31)28-20-11-9-19(26)10-12-20/h4-13,15,27H,14H2,1-3H3,(H,28,31). The van der Waals surface area contributed by atoms with Crippen LogP contribution >= 0.6 is 11.6 Å². The summed E-state index contributed by atoms with van der Waals surface area (Å²) in [7, 11) is 5.11. The summed E-state index contributed by atoms with van der Waals surface area (Å²) in [6.45, 7) is 0. The number of amidine groups is 1. The molecule has 7 heteroatoms. The van der Waals surface area contributed by atoms with Crippen molar-refractivity contribution in [2.24, 2.45) is 0 Å². The quantitative estimate of drug-likeness (QED) is 0.305. The molecule has 0 atom stereocenters. The smallest absolute Gasteiger partial charge is 0.256 e. The maximum atomic E-state index is 13.0. The lowest BCUT2D eigenvalue weighted by atomic mass is 9.97. The zero-order chi connectivity index (χ0) is 23.3. The molecule has 0 heterocycles. The lowest BCUT2D eigenvalue weighted by Gasteiger charge is -2.14. The number of nitrogens with one attached hydrogen (secondary N) is 2. The van der Waals surface area contributed by atoms with Gasteiger partial charge in [0.1, 0.15) is 11.6 Å². The van der Waals surface area contributed by atoms with Gasteiger partial charge in [0, 0.05) is 47.9 Å². The van der Waals surface area contributed by atoms with E-state index in [0.717, 1.165) is 5.56 Å². The Morgan fingerprint density at radius 3 is 2.19 bits per heavy atom. The monoisotopic (exact) mass is 449 g/mol. The lowest BCUT2D eigenvalue weighted by Crippen LogP contribution is -2.21. The number of ether oxygens (including phenoxy) is 1. The summed E-state index contributed by atoms with van der Waals surface area (Å²) in [6, 6.07) is 18.8. The molecule has 0 radical (unpaired) electrons. The number of carbonyl (C=O) groups is 2. The van der Waals surface area contributed by atoms with Gasteiger partial charge < -0.3 is 15.0 Å². The molecule has 0 unspecified atom stereocenters. The fraction of sp³-hybridized carbons (Fsp3) is 0.160. The molecule has 164 valence electrons. The molecule has 32 heavy (non-hydrogen) atoms. The average molecular weight is 450 g/mol. The first-order valence-electron chi connectivity index (χ1n) is 9.92. The molecule has 6 nitrogen and oxygen atoms in total. The molecule has 0 aromatic heterocycles. The van der Waals surface area contributed by atoms with Crippen LogP contribution in [0.15, 0.2) is 66.7 Å². The van der Waals surface area contributed by atoms with E-state index < -0.39 is 0 Å². The largest absolute Gasteiger partial charge is 0.497 e. The second kappa shape index (κ2) is 10.1. The SMILES string of the molecule is COc1ccc(CC(=O)c2ccc(C(=N)N(C)C)cc2)c(C(=O)Nc2ccc(Cl)cc2)c1. The first-order valence-corrected chi connectivity index (χ1v) is 10.3. The zero-order valence-electron chi connectivity index (χ0n) is 18.1. The highest BCUT2D eigenvalue weighted by Gasteiger charge is 2.17. The summed E-state index contributed by atoms with van der Waals surface area (Å²) in [4.78, 5) is 27.6. The summed E-state index contributed by atoms with van der Waals surface area (Å²) >= 11 is 5.91. The zero-order valence-corrected chi connectivity index (χ0v) is 18.9. The third-order valence-corrected chi connectivity index (χ3v) is 5.19. The molecule has 0 saturated carbocycles. The molecule has 0 fully saturated rings. The highest BCUT2D eigenvalue weighted by atomic mass is 35.5. The molecule has 0 bridgehead atoms. The Labute approximate surface area is 192 Å². The number of ketones is 1. The van der Waals surface area contributed by atoms with Crippen LogP contribution in [0.5, 0.6) is 5.75 Å². The number of Topliss-reactive ketones (excluding diaryl/α,β-unsaturated/α-hetero) is 1. The van der Waals surface area contributed by atoms with Gasteiger partial charge in [0.25, 0.3) is 5.91 Å². The summed E-state index contributed by atoms with van der Waals surface area (Å²) in [5.41, 5.74) is 2.78. The van der Waals surface area contributed by atoms with Gasteiger partial charge in [0.05, 0.1) is 7.11 Å². The van der Waals surface area contributed by atoms with E-state index in [1.807, 2.05) is 0 Å². The van der Waals surface area contributed by atoms with Crippen LogP contribution in [-0.2, 0) is 6.42 Å². The van der Waals surface area contributed by atoms with Crippen molar-refractivity contribution in [1.82, 2.24) is 4.90 Å². The number of halogens is 1. The van der Waals surface area contributed by atoms with E-state index in [0.29, 0.717) is 39.0 Å². The van der Waals surface area contributed by atoms with E-state index in [1.165, 1.54) is 7.11 Å². The number of benzene rings is 3. The fourth-order valence-corrected chi connectivity index (χ4v) is 3.25. The predicted molar refractivity (Wildman–Crippen MR) is 127 cm³/mol. The highest BCUT2D eigenvalue weighted by Crippen LogP contribution is 2.22. The highest BCUT2D eigenvalue weighted by molar-refractivity contribution is 6.30. The van der Waals surface area contributed by atoms with Crippen molar-refractivity contribution >= 4 is 34.8 Å². The number of nitrogens with zero attached hydrogens (tertiary/aromatic N) is 1. The fourth-order valence-electron chi connectivity index (χ4n) is 3.13. The van der Waals surface area contributed by atoms with E-state index >= 15 is 0 Å². The molecule has 0 spiro atoms. The minimum Gasteiger partial charge on any atom is -0.497 e. The Morgan fingerprint density at radius 1 is 0.969 bits per heavy atom. The molecule has 1 amide bonds. The van der Waals surface area contributed by atoms with Crippen LogP contribution in [0, 0.1) is 5.41 Å². The van der Waals surface area contributed by atoms with Gasteiger partial charge in [-0.1, -0.05) is 41.9 Å². The van der Waals surface area contributed by atoms with E-state index in [9.17, 15) is 9.59 Å². The second-order valence-corrected chi connectivity index (χ2v) is 7.84. The number of hydrogen-bond acceptors (Lipinski definition) is 4. The number of rotatable bonds is 7. The van der Waals surface area contributed by atoms with Crippen molar-refractivity contribution in [2.75, 3.05) is 26.5 Å². The van der Waals surface area contributed by atoms with Crippen LogP contribution in [0.25, 0.3) is 0 Å². The summed E-state index contributed by atoms with van der Waals surface area (Å²) < 4.78 is 5.26. The maximum absolute atomic E-state index is 13.0. The van der Waals surface area contributed by atoms with Crippen LogP contribution in [0.2, 0.25) is 5.02 Å². The average Bonchev–Trinajstić information content (AvgIpc) is 2.80. The molecule has 2 N–H and O–H groups in total. The van der Waals surface area contributed by atoms with Crippen molar-refractivity contribution in [2.45, 2.75) is 6.42 Å². The van der Waals surface area contributed by atoms with Crippen molar-refractivity contribution in [3.63, 3.8) is 0 Å². The topological polar surface area (TPSA) is 82.5 Å². The molecule has 0 saturated heterocycles. The van der Waals surface area contributed by atoms with Gasteiger partial charge in [0.15, 0.2) is 5.78 Å². The third-order valence-electron chi connectivity index (χ3n) is 4.94. The van der Waals surface area contributed by atoms with Gasteiger partial charge in [-0.25, -0.2) is 0 Å². The summed E-state index contributed by atoms with van der Waals surface area (Å²) in [5.74, 6) is 0.414. The first-order chi connectivity index (χ1) is 15.3. The van der Waals surface area contributed by atoms with Crippen LogP contribution in [-0.4, -0.2) is 43.6 Å². The van der Waals surface area contributed by atoms with Crippen molar-refractivity contribution in [3.05, 3.63) is 94.0 Å². The van der Waals surface area contributed by atoms with Crippen LogP contribution in [0.1, 0.15) is 31.8 Å². The van der Waals surface area contributed by atoms with Crippen molar-refractivity contribution in [3.8, 4) is 5.75 Å². The van der Waals surface area contributed by atoms with Crippen molar-refractivity contribution in [1.29, 1.82) is 5.41 Å². The Bertz CT molecular complexity index is 1140. The summed E-state index contributed by atoms with van der Waals surface area (Å²) in [6.07, 6.45) is 0.0534. The van der Waals surface area contributed by atoms with E-state index in [-0.39, 0.29) is 18.1 Å². The van der Waals surface area contributed by atoms with Gasteiger partial charge in [-0.2, -0.15) is 0 Å². The molecule has 3 aromatic carbocycles. The summed E-state index contributed by atoms with van der Waals surface area (Å²) in [5, 5.41) is 11.4. The van der Waals surface area contributed by atoms with Gasteiger partial charge in [-0.3, -0.25) is 15.0 Å². The third kappa shape index (κ3) is 5.53. The number of anilines is 1. The normalized spacial score (nSPS) is 10.4. The number of methoxy groups -OCH3 is 1. The van der Waals surface area contributed by atoms with E-state index in [1.54, 1.807) is 85.7 Å². The molecular weight excluding hydrogens is 426 g/mol.